The van der Waals surface area contributed by atoms with Crippen molar-refractivity contribution in [1.82, 2.24) is 15.2 Å². The summed E-state index contributed by atoms with van der Waals surface area (Å²) in [7, 11) is 0. The lowest BCUT2D eigenvalue weighted by molar-refractivity contribution is 0.433. The van der Waals surface area contributed by atoms with E-state index in [1.54, 1.807) is 11.8 Å². The Morgan fingerprint density at radius 1 is 1.44 bits per heavy atom. The van der Waals surface area contributed by atoms with E-state index in [0.717, 1.165) is 36.0 Å². The van der Waals surface area contributed by atoms with E-state index in [0.29, 0.717) is 0 Å². The molecule has 0 fully saturated rings. The molecule has 0 atom stereocenters. The molecule has 88 valence electrons. The van der Waals surface area contributed by atoms with E-state index in [2.05, 4.69) is 21.3 Å². The topological polar surface area (TPSA) is 65.4 Å². The maximum atomic E-state index is 8.85. The van der Waals surface area contributed by atoms with Crippen LogP contribution in [0.3, 0.4) is 0 Å². The van der Waals surface area contributed by atoms with Crippen molar-refractivity contribution in [2.45, 2.75) is 45.2 Å². The fourth-order valence-corrected chi connectivity index (χ4v) is 2.12. The second-order valence-electron chi connectivity index (χ2n) is 4.50. The number of aromatic amines is 1. The van der Waals surface area contributed by atoms with Crippen LogP contribution in [0, 0.1) is 23.7 Å². The normalized spacial score (nSPS) is 11.4. The molecule has 5 heteroatoms. The maximum absolute atomic E-state index is 8.85. The van der Waals surface area contributed by atoms with Crippen LogP contribution in [0.15, 0.2) is 5.16 Å². The fraction of sp³-hybridized carbons (Fsp3) is 0.727. The Morgan fingerprint density at radius 3 is 2.75 bits per heavy atom. The third kappa shape index (κ3) is 4.67. The number of thioether (sulfide) groups is 1. The molecule has 0 spiro atoms. The largest absolute Gasteiger partial charge is 0.262 e. The summed E-state index contributed by atoms with van der Waals surface area (Å²) in [4.78, 5) is 4.22. The SMILES string of the molecule is Cc1nc(SCCCCC(C)(C)C#N)n[nH]1. The Morgan fingerprint density at radius 2 is 2.19 bits per heavy atom. The van der Waals surface area contributed by atoms with Gasteiger partial charge in [-0.25, -0.2) is 4.98 Å². The minimum Gasteiger partial charge on any atom is -0.262 e. The second kappa shape index (κ2) is 5.90. The van der Waals surface area contributed by atoms with Gasteiger partial charge in [-0.3, -0.25) is 5.10 Å². The third-order valence-electron chi connectivity index (χ3n) is 2.31. The van der Waals surface area contributed by atoms with Gasteiger partial charge in [0.15, 0.2) is 0 Å². The Bertz CT molecular complexity index is 364. The van der Waals surface area contributed by atoms with Crippen molar-refractivity contribution in [3.8, 4) is 6.07 Å². The summed E-state index contributed by atoms with van der Waals surface area (Å²) < 4.78 is 0. The van der Waals surface area contributed by atoms with Crippen LogP contribution in [-0.4, -0.2) is 20.9 Å². The Kier molecular flexibility index (Phi) is 4.81. The van der Waals surface area contributed by atoms with Crippen LogP contribution in [0.5, 0.6) is 0 Å². The third-order valence-corrected chi connectivity index (χ3v) is 3.24. The molecule has 0 aliphatic heterocycles. The zero-order valence-electron chi connectivity index (χ0n) is 10.1. The summed E-state index contributed by atoms with van der Waals surface area (Å²) in [6.45, 7) is 5.87. The maximum Gasteiger partial charge on any atom is 0.208 e. The molecule has 0 aliphatic carbocycles. The summed E-state index contributed by atoms with van der Waals surface area (Å²) in [6, 6.07) is 2.32. The van der Waals surface area contributed by atoms with Gasteiger partial charge in [0.25, 0.3) is 0 Å². The van der Waals surface area contributed by atoms with E-state index >= 15 is 0 Å². The lowest BCUT2D eigenvalue weighted by Crippen LogP contribution is -2.07. The lowest BCUT2D eigenvalue weighted by atomic mass is 9.89. The molecule has 1 heterocycles. The first-order valence-corrected chi connectivity index (χ1v) is 6.45. The predicted molar refractivity (Wildman–Crippen MR) is 65.1 cm³/mol. The van der Waals surface area contributed by atoms with Gasteiger partial charge in [0.05, 0.1) is 11.5 Å². The minimum atomic E-state index is -0.189. The first-order chi connectivity index (χ1) is 7.53. The molecule has 0 amide bonds. The molecule has 0 aliphatic rings. The van der Waals surface area contributed by atoms with Gasteiger partial charge < -0.3 is 0 Å². The number of H-pyrrole nitrogens is 1. The summed E-state index contributed by atoms with van der Waals surface area (Å²) in [5.41, 5.74) is -0.189. The standard InChI is InChI=1S/C11H18N4S/c1-9-13-10(15-14-9)16-7-5-4-6-11(2,3)8-12/h4-7H2,1-3H3,(H,13,14,15). The number of unbranched alkanes of at least 4 members (excludes halogenated alkanes) is 1. The molecule has 1 aromatic rings. The smallest absolute Gasteiger partial charge is 0.208 e. The lowest BCUT2D eigenvalue weighted by Gasteiger charge is -2.13. The summed E-state index contributed by atoms with van der Waals surface area (Å²) in [5.74, 6) is 1.87. The highest BCUT2D eigenvalue weighted by molar-refractivity contribution is 7.99. The summed E-state index contributed by atoms with van der Waals surface area (Å²) >= 11 is 1.66. The Hall–Kier alpha value is -1.02. The van der Waals surface area contributed by atoms with Gasteiger partial charge in [-0.15, -0.1) is 5.10 Å². The monoisotopic (exact) mass is 238 g/mol. The molecule has 4 nitrogen and oxygen atoms in total. The van der Waals surface area contributed by atoms with Crippen LogP contribution in [0.4, 0.5) is 0 Å². The van der Waals surface area contributed by atoms with E-state index < -0.39 is 0 Å². The van der Waals surface area contributed by atoms with Crippen LogP contribution in [0.2, 0.25) is 0 Å². The first-order valence-electron chi connectivity index (χ1n) is 5.46. The van der Waals surface area contributed by atoms with E-state index in [4.69, 9.17) is 5.26 Å². The Labute approximate surface area is 101 Å². The first kappa shape index (κ1) is 13.0. The number of hydrogen-bond acceptors (Lipinski definition) is 4. The van der Waals surface area contributed by atoms with Gasteiger partial charge in [0.2, 0.25) is 5.16 Å². The molecule has 1 aromatic heterocycles. The van der Waals surface area contributed by atoms with Crippen LogP contribution in [0.25, 0.3) is 0 Å². The highest BCUT2D eigenvalue weighted by Gasteiger charge is 2.15. The second-order valence-corrected chi connectivity index (χ2v) is 5.57. The van der Waals surface area contributed by atoms with Gasteiger partial charge >= 0.3 is 0 Å². The molecule has 1 N–H and O–H groups in total. The van der Waals surface area contributed by atoms with Crippen molar-refractivity contribution in [2.24, 2.45) is 5.41 Å². The number of aryl methyl sites for hydroxylation is 1. The van der Waals surface area contributed by atoms with Gasteiger partial charge in [-0.2, -0.15) is 5.26 Å². The molecule has 0 saturated carbocycles. The van der Waals surface area contributed by atoms with E-state index in [9.17, 15) is 0 Å². The molecule has 0 saturated heterocycles. The van der Waals surface area contributed by atoms with Crippen molar-refractivity contribution in [1.29, 1.82) is 5.26 Å². The van der Waals surface area contributed by atoms with Crippen molar-refractivity contribution >= 4 is 11.8 Å². The molecule has 0 aromatic carbocycles. The van der Waals surface area contributed by atoms with E-state index in [1.165, 1.54) is 0 Å². The molecule has 1 rings (SSSR count). The highest BCUT2D eigenvalue weighted by Crippen LogP contribution is 2.23. The number of nitriles is 1. The number of nitrogens with zero attached hydrogens (tertiary/aromatic N) is 3. The average Bonchev–Trinajstić information content (AvgIpc) is 2.64. The molecular weight excluding hydrogens is 220 g/mol. The van der Waals surface area contributed by atoms with Gasteiger partial charge in [-0.05, 0) is 33.6 Å². The summed E-state index contributed by atoms with van der Waals surface area (Å²) in [5, 5.41) is 16.5. The summed E-state index contributed by atoms with van der Waals surface area (Å²) in [6.07, 6.45) is 3.14. The van der Waals surface area contributed by atoms with Crippen molar-refractivity contribution in [3.63, 3.8) is 0 Å². The zero-order valence-corrected chi connectivity index (χ0v) is 10.9. The number of nitrogens with one attached hydrogen (secondary N) is 1. The zero-order chi connectivity index (χ0) is 12.0. The van der Waals surface area contributed by atoms with E-state index in [1.807, 2.05) is 20.8 Å². The molecule has 16 heavy (non-hydrogen) atoms. The van der Waals surface area contributed by atoms with Crippen LogP contribution in [0.1, 0.15) is 38.9 Å². The van der Waals surface area contributed by atoms with Crippen molar-refractivity contribution in [2.75, 3.05) is 5.75 Å². The molecule has 0 bridgehead atoms. The predicted octanol–water partition coefficient (Wildman–Crippen LogP) is 2.93. The van der Waals surface area contributed by atoms with Crippen LogP contribution < -0.4 is 0 Å². The van der Waals surface area contributed by atoms with Gasteiger partial charge in [-0.1, -0.05) is 18.2 Å². The average molecular weight is 238 g/mol. The van der Waals surface area contributed by atoms with Crippen LogP contribution in [-0.2, 0) is 0 Å². The van der Waals surface area contributed by atoms with Crippen molar-refractivity contribution in [3.05, 3.63) is 5.82 Å². The molecule has 0 unspecified atom stereocenters. The fourth-order valence-electron chi connectivity index (χ4n) is 1.28. The minimum absolute atomic E-state index is 0.189. The molecule has 0 radical (unpaired) electrons. The van der Waals surface area contributed by atoms with Crippen LogP contribution >= 0.6 is 11.8 Å². The van der Waals surface area contributed by atoms with Gasteiger partial charge in [0.1, 0.15) is 5.82 Å². The van der Waals surface area contributed by atoms with Crippen molar-refractivity contribution < 1.29 is 0 Å². The van der Waals surface area contributed by atoms with Gasteiger partial charge in [0, 0.05) is 5.75 Å². The quantitative estimate of drug-likeness (QED) is 0.611. The number of aromatic nitrogens is 3. The van der Waals surface area contributed by atoms with E-state index in [-0.39, 0.29) is 5.41 Å². The highest BCUT2D eigenvalue weighted by atomic mass is 32.2. The Balaban J connectivity index is 2.11. The number of hydrogen-bond donors (Lipinski definition) is 1. The molecular formula is C11H18N4S. The number of rotatable bonds is 6.